The fourth-order valence-electron chi connectivity index (χ4n) is 3.46. The summed E-state index contributed by atoms with van der Waals surface area (Å²) in [5, 5.41) is 32.9. The van der Waals surface area contributed by atoms with Crippen LogP contribution in [0.2, 0.25) is 0 Å². The lowest BCUT2D eigenvalue weighted by atomic mass is 10.1. The summed E-state index contributed by atoms with van der Waals surface area (Å²) in [6.07, 6.45) is 0. The summed E-state index contributed by atoms with van der Waals surface area (Å²) >= 11 is 2.61. The van der Waals surface area contributed by atoms with Crippen LogP contribution in [-0.2, 0) is 6.61 Å². The number of methoxy groups -OCH3 is 2. The van der Waals surface area contributed by atoms with Crippen LogP contribution in [0, 0.1) is 0 Å². The predicted molar refractivity (Wildman–Crippen MR) is 129 cm³/mol. The van der Waals surface area contributed by atoms with Crippen LogP contribution in [0.3, 0.4) is 0 Å². The summed E-state index contributed by atoms with van der Waals surface area (Å²) in [7, 11) is 3.17. The molecule has 0 fully saturated rings. The number of aromatic nitrogens is 5. The number of nitrogens with one attached hydrogen (secondary N) is 1. The SMILES string of the molecule is COc1ccc2c(c1)c(-c1nnc(OC)s1)c(Nc1ccccc1N)n2-c1nnc(CO)s1. The van der Waals surface area contributed by atoms with Crippen molar-refractivity contribution in [3.63, 3.8) is 0 Å². The Kier molecular flexibility index (Phi) is 5.54. The normalized spacial score (nSPS) is 11.1. The lowest BCUT2D eigenvalue weighted by Crippen LogP contribution is -2.03. The maximum Gasteiger partial charge on any atom is 0.294 e. The average Bonchev–Trinajstić information content (AvgIpc) is 3.56. The van der Waals surface area contributed by atoms with Crippen molar-refractivity contribution in [2.75, 3.05) is 25.3 Å². The molecule has 33 heavy (non-hydrogen) atoms. The zero-order valence-corrected chi connectivity index (χ0v) is 19.3. The maximum absolute atomic E-state index is 9.55. The summed E-state index contributed by atoms with van der Waals surface area (Å²) in [6, 6.07) is 13.2. The van der Waals surface area contributed by atoms with Crippen molar-refractivity contribution in [2.45, 2.75) is 6.61 Å². The first-order chi connectivity index (χ1) is 16.1. The number of rotatable bonds is 7. The molecule has 0 spiro atoms. The van der Waals surface area contributed by atoms with Gasteiger partial charge in [0.2, 0.25) is 5.13 Å². The molecule has 0 unspecified atom stereocenters. The number of aliphatic hydroxyl groups excluding tert-OH is 1. The minimum atomic E-state index is -0.195. The van der Waals surface area contributed by atoms with E-state index in [-0.39, 0.29) is 6.61 Å². The number of nitrogens with two attached hydrogens (primary N) is 1. The molecule has 5 aromatic rings. The van der Waals surface area contributed by atoms with Gasteiger partial charge >= 0.3 is 0 Å². The quantitative estimate of drug-likeness (QED) is 0.297. The van der Waals surface area contributed by atoms with Crippen LogP contribution < -0.4 is 20.5 Å². The molecule has 0 bridgehead atoms. The Morgan fingerprint density at radius 1 is 1.03 bits per heavy atom. The molecule has 2 aromatic carbocycles. The second kappa shape index (κ2) is 8.65. The van der Waals surface area contributed by atoms with E-state index >= 15 is 0 Å². The zero-order chi connectivity index (χ0) is 22.9. The number of nitrogen functional groups attached to an aromatic ring is 1. The number of anilines is 3. The molecule has 3 heterocycles. The Hall–Kier alpha value is -3.74. The van der Waals surface area contributed by atoms with Gasteiger partial charge in [-0.3, -0.25) is 4.57 Å². The molecule has 3 aromatic heterocycles. The van der Waals surface area contributed by atoms with E-state index in [4.69, 9.17) is 15.2 Å². The van der Waals surface area contributed by atoms with E-state index in [9.17, 15) is 5.11 Å². The average molecular weight is 482 g/mol. The highest BCUT2D eigenvalue weighted by Gasteiger charge is 2.26. The molecule has 4 N–H and O–H groups in total. The van der Waals surface area contributed by atoms with Crippen LogP contribution in [0.5, 0.6) is 10.9 Å². The van der Waals surface area contributed by atoms with Crippen molar-refractivity contribution in [1.29, 1.82) is 0 Å². The smallest absolute Gasteiger partial charge is 0.294 e. The second-order valence-corrected chi connectivity index (χ2v) is 8.85. The number of hydrogen-bond donors (Lipinski definition) is 3. The number of fused-ring (bicyclic) bond motifs is 1. The molecule has 0 atom stereocenters. The molecule has 0 saturated heterocycles. The number of hydrogen-bond acceptors (Lipinski definition) is 11. The number of ether oxygens (including phenoxy) is 2. The maximum atomic E-state index is 9.55. The van der Waals surface area contributed by atoms with Gasteiger partial charge in [-0.25, -0.2) is 0 Å². The molecule has 0 aliphatic carbocycles. The molecule has 168 valence electrons. The van der Waals surface area contributed by atoms with Crippen molar-refractivity contribution >= 4 is 50.8 Å². The fraction of sp³-hybridized carbons (Fsp3) is 0.143. The number of benzene rings is 2. The standard InChI is InChI=1S/C21H19N7O3S2/c1-30-11-7-8-15-12(9-11)17(19-25-27-21(31-2)33-19)18(23-14-6-4-3-5-13(14)22)28(15)20-26-24-16(10-29)32-20/h3-9,23,29H,10,22H2,1-2H3. The highest BCUT2D eigenvalue weighted by Crippen LogP contribution is 2.45. The molecule has 0 saturated carbocycles. The molecule has 12 heteroatoms. The lowest BCUT2D eigenvalue weighted by molar-refractivity contribution is 0.280. The van der Waals surface area contributed by atoms with Gasteiger partial charge in [0.1, 0.15) is 16.6 Å². The minimum Gasteiger partial charge on any atom is -0.497 e. The fourth-order valence-corrected chi connectivity index (χ4v) is 4.90. The largest absolute Gasteiger partial charge is 0.497 e. The Morgan fingerprint density at radius 2 is 1.88 bits per heavy atom. The molecular weight excluding hydrogens is 462 g/mol. The van der Waals surface area contributed by atoms with E-state index in [1.54, 1.807) is 14.2 Å². The third-order valence-electron chi connectivity index (χ3n) is 4.97. The van der Waals surface area contributed by atoms with Gasteiger partial charge in [-0.05, 0) is 30.3 Å². The molecule has 0 radical (unpaired) electrons. The lowest BCUT2D eigenvalue weighted by Gasteiger charge is -2.13. The number of nitrogens with zero attached hydrogens (tertiary/aromatic N) is 5. The van der Waals surface area contributed by atoms with Gasteiger partial charge in [-0.2, -0.15) is 0 Å². The van der Waals surface area contributed by atoms with Gasteiger partial charge < -0.3 is 25.6 Å². The summed E-state index contributed by atoms with van der Waals surface area (Å²) in [6.45, 7) is -0.195. The van der Waals surface area contributed by atoms with Crippen LogP contribution in [0.15, 0.2) is 42.5 Å². The highest BCUT2D eigenvalue weighted by atomic mass is 32.1. The van der Waals surface area contributed by atoms with E-state index in [0.717, 1.165) is 22.2 Å². The number of para-hydroxylation sites is 2. The minimum absolute atomic E-state index is 0.195. The molecule has 10 nitrogen and oxygen atoms in total. The molecule has 5 rings (SSSR count). The highest BCUT2D eigenvalue weighted by molar-refractivity contribution is 7.16. The van der Waals surface area contributed by atoms with Crippen LogP contribution in [-0.4, -0.2) is 44.3 Å². The van der Waals surface area contributed by atoms with E-state index in [2.05, 4.69) is 25.7 Å². The Bertz CT molecular complexity index is 1440. The van der Waals surface area contributed by atoms with Gasteiger partial charge in [-0.15, -0.1) is 15.3 Å². The first-order valence-electron chi connectivity index (χ1n) is 9.78. The van der Waals surface area contributed by atoms with Gasteiger partial charge in [0.15, 0.2) is 5.01 Å². The van der Waals surface area contributed by atoms with Crippen LogP contribution >= 0.6 is 22.7 Å². The predicted octanol–water partition coefficient (Wildman–Crippen LogP) is 3.84. The van der Waals surface area contributed by atoms with E-state index < -0.39 is 0 Å². The van der Waals surface area contributed by atoms with E-state index in [1.807, 2.05) is 47.0 Å². The molecule has 0 amide bonds. The third-order valence-corrected chi connectivity index (χ3v) is 6.76. The van der Waals surface area contributed by atoms with E-state index in [0.29, 0.717) is 37.6 Å². The van der Waals surface area contributed by atoms with Crippen LogP contribution in [0.4, 0.5) is 17.2 Å². The van der Waals surface area contributed by atoms with Crippen molar-refractivity contribution in [3.05, 3.63) is 47.5 Å². The summed E-state index contributed by atoms with van der Waals surface area (Å²) in [5.41, 5.74) is 9.18. The number of aliphatic hydroxyl groups is 1. The van der Waals surface area contributed by atoms with Gasteiger partial charge in [-0.1, -0.05) is 39.9 Å². The first-order valence-corrected chi connectivity index (χ1v) is 11.4. The Labute approximate surface area is 196 Å². The van der Waals surface area contributed by atoms with Crippen molar-refractivity contribution in [2.24, 2.45) is 0 Å². The topological polar surface area (TPSA) is 133 Å². The van der Waals surface area contributed by atoms with Gasteiger partial charge in [0, 0.05) is 5.39 Å². The van der Waals surface area contributed by atoms with Crippen molar-refractivity contribution < 1.29 is 14.6 Å². The van der Waals surface area contributed by atoms with Crippen molar-refractivity contribution in [1.82, 2.24) is 25.0 Å². The van der Waals surface area contributed by atoms with Crippen LogP contribution in [0.25, 0.3) is 26.6 Å². The van der Waals surface area contributed by atoms with Crippen molar-refractivity contribution in [3.8, 4) is 26.6 Å². The second-order valence-electron chi connectivity index (χ2n) is 6.87. The monoisotopic (exact) mass is 481 g/mol. The summed E-state index contributed by atoms with van der Waals surface area (Å²) < 4.78 is 12.7. The third kappa shape index (κ3) is 3.73. The zero-order valence-electron chi connectivity index (χ0n) is 17.6. The van der Waals surface area contributed by atoms with E-state index in [1.165, 1.54) is 22.7 Å². The van der Waals surface area contributed by atoms with Gasteiger partial charge in [0.25, 0.3) is 5.19 Å². The summed E-state index contributed by atoms with van der Waals surface area (Å²) in [4.78, 5) is 0. The van der Waals surface area contributed by atoms with Gasteiger partial charge in [0.05, 0.1) is 43.3 Å². The molecule has 0 aliphatic heterocycles. The molecular formula is C21H19N7O3S2. The van der Waals surface area contributed by atoms with Crippen LogP contribution in [0.1, 0.15) is 5.01 Å². The Balaban J connectivity index is 1.85. The molecule has 0 aliphatic rings. The Morgan fingerprint density at radius 3 is 2.58 bits per heavy atom. The summed E-state index contributed by atoms with van der Waals surface area (Å²) in [5.74, 6) is 1.37. The first kappa shape index (κ1) is 21.1.